The van der Waals surface area contributed by atoms with Gasteiger partial charge in [0.25, 0.3) is 0 Å². The molecule has 6 atom stereocenters. The van der Waals surface area contributed by atoms with Gasteiger partial charge in [-0.25, -0.2) is 4.18 Å². The Balaban J connectivity index is 2.15. The highest BCUT2D eigenvalue weighted by molar-refractivity contribution is 7.80. The van der Waals surface area contributed by atoms with Crippen molar-refractivity contribution in [2.24, 2.45) is 0 Å². The average Bonchev–Trinajstić information content (AvgIpc) is 3.19. The molecule has 1 rings (SSSR count). The zero-order valence-electron chi connectivity index (χ0n) is 36.9. The molecule has 1 aliphatic heterocycles. The van der Waals surface area contributed by atoms with Crippen molar-refractivity contribution >= 4 is 16.4 Å². The van der Waals surface area contributed by atoms with Crippen molar-refractivity contribution in [3.05, 3.63) is 0 Å². The molecule has 0 radical (unpaired) electrons. The summed E-state index contributed by atoms with van der Waals surface area (Å²) in [6, 6.07) is 0. The van der Waals surface area contributed by atoms with E-state index in [1.165, 1.54) is 148 Å². The third-order valence-corrected chi connectivity index (χ3v) is 11.7. The minimum atomic E-state index is -5.05. The highest BCUT2D eigenvalue weighted by Crippen LogP contribution is 2.26. The van der Waals surface area contributed by atoms with Crippen molar-refractivity contribution in [3.8, 4) is 0 Å². The first-order chi connectivity index (χ1) is 28.1. The quantitative estimate of drug-likeness (QED) is 0.0260. The largest absolute Gasteiger partial charge is 0.457 e. The molecule has 1 fully saturated rings. The Kier molecular flexibility index (Phi) is 35.9. The van der Waals surface area contributed by atoms with E-state index in [1.807, 2.05) is 0 Å². The van der Waals surface area contributed by atoms with Crippen LogP contribution in [0.1, 0.15) is 219 Å². The van der Waals surface area contributed by atoms with E-state index in [0.29, 0.717) is 13.0 Å². The topological polar surface area (TPSA) is 178 Å². The van der Waals surface area contributed by atoms with E-state index < -0.39 is 59.8 Å². The summed E-state index contributed by atoms with van der Waals surface area (Å²) in [5.41, 5.74) is 0. The van der Waals surface area contributed by atoms with Crippen LogP contribution in [-0.2, 0) is 38.3 Å². The highest BCUT2D eigenvalue weighted by Gasteiger charge is 2.48. The molecule has 0 amide bonds. The van der Waals surface area contributed by atoms with Crippen LogP contribution in [0.15, 0.2) is 0 Å². The molecule has 0 saturated carbocycles. The number of esters is 1. The second kappa shape index (κ2) is 37.8. The molecular weight excluding hydrogens is 765 g/mol. The van der Waals surface area contributed by atoms with Crippen LogP contribution in [0, 0.1) is 0 Å². The first kappa shape index (κ1) is 55.1. The summed E-state index contributed by atoms with van der Waals surface area (Å²) in [7, 11) is -5.05. The third-order valence-electron chi connectivity index (χ3n) is 11.2. The van der Waals surface area contributed by atoms with E-state index in [4.69, 9.17) is 23.5 Å². The molecule has 4 N–H and O–H groups in total. The van der Waals surface area contributed by atoms with Crippen LogP contribution in [0.4, 0.5) is 0 Å². The van der Waals surface area contributed by atoms with Crippen LogP contribution in [0.5, 0.6) is 0 Å². The van der Waals surface area contributed by atoms with Gasteiger partial charge in [0.15, 0.2) is 6.29 Å². The lowest BCUT2D eigenvalue weighted by atomic mass is 9.99. The lowest BCUT2D eigenvalue weighted by Gasteiger charge is -2.41. The van der Waals surface area contributed by atoms with E-state index in [0.717, 1.165) is 44.9 Å². The molecule has 0 aromatic carbocycles. The maximum Gasteiger partial charge on any atom is 0.397 e. The zero-order valence-corrected chi connectivity index (χ0v) is 37.7. The van der Waals surface area contributed by atoms with Gasteiger partial charge in [-0.3, -0.25) is 9.35 Å². The first-order valence-corrected chi connectivity index (χ1v) is 25.2. The Hall–Kier alpha value is -0.900. The predicted molar refractivity (Wildman–Crippen MR) is 230 cm³/mol. The van der Waals surface area contributed by atoms with Gasteiger partial charge in [-0.15, -0.1) is 0 Å². The molecule has 0 aliphatic carbocycles. The molecule has 346 valence electrons. The summed E-state index contributed by atoms with van der Waals surface area (Å²) in [6.07, 6.45) is 30.8. The van der Waals surface area contributed by atoms with Crippen LogP contribution in [0.25, 0.3) is 0 Å². The third kappa shape index (κ3) is 31.0. The summed E-state index contributed by atoms with van der Waals surface area (Å²) < 4.78 is 58.7. The van der Waals surface area contributed by atoms with Gasteiger partial charge in [0.05, 0.1) is 19.8 Å². The summed E-state index contributed by atoms with van der Waals surface area (Å²) >= 11 is 0. The number of carbonyl (C=O) groups is 1. The Bertz CT molecular complexity index is 1030. The van der Waals surface area contributed by atoms with Crippen LogP contribution in [0.3, 0.4) is 0 Å². The van der Waals surface area contributed by atoms with Gasteiger partial charge in [0, 0.05) is 13.0 Å². The predicted octanol–water partition coefficient (Wildman–Crippen LogP) is 10.1. The molecule has 1 aliphatic rings. The lowest BCUT2D eigenvalue weighted by molar-refractivity contribution is -0.301. The second-order valence-corrected chi connectivity index (χ2v) is 17.8. The normalized spacial score (nSPS) is 20.4. The first-order valence-electron chi connectivity index (χ1n) is 23.8. The van der Waals surface area contributed by atoms with Gasteiger partial charge < -0.3 is 34.3 Å². The van der Waals surface area contributed by atoms with E-state index in [2.05, 4.69) is 18.0 Å². The molecule has 58 heavy (non-hydrogen) atoms. The van der Waals surface area contributed by atoms with Gasteiger partial charge >= 0.3 is 16.4 Å². The summed E-state index contributed by atoms with van der Waals surface area (Å²) in [6.45, 7) is 3.92. The van der Waals surface area contributed by atoms with Gasteiger partial charge in [-0.05, 0) is 12.8 Å². The van der Waals surface area contributed by atoms with E-state index in [-0.39, 0.29) is 19.6 Å². The summed E-state index contributed by atoms with van der Waals surface area (Å²) in [5.74, 6) is -0.407. The highest BCUT2D eigenvalue weighted by atomic mass is 32.3. The fourth-order valence-electron chi connectivity index (χ4n) is 7.62. The number of hydrogen-bond donors (Lipinski definition) is 4. The molecule has 13 heteroatoms. The molecule has 0 spiro atoms. The van der Waals surface area contributed by atoms with Gasteiger partial charge in [-0.2, -0.15) is 8.42 Å². The fraction of sp³-hybridized carbons (Fsp3) is 0.978. The number of hydrogen-bond acceptors (Lipinski definition) is 11. The molecule has 1 saturated heterocycles. The van der Waals surface area contributed by atoms with Crippen LogP contribution in [-0.4, -0.2) is 97.5 Å². The Morgan fingerprint density at radius 3 is 1.38 bits per heavy atom. The molecule has 0 aromatic rings. The second-order valence-electron chi connectivity index (χ2n) is 16.7. The number of carbonyl (C=O) groups excluding carboxylic acids is 1. The van der Waals surface area contributed by atoms with Crippen LogP contribution < -0.4 is 0 Å². The van der Waals surface area contributed by atoms with Crippen molar-refractivity contribution in [3.63, 3.8) is 0 Å². The smallest absolute Gasteiger partial charge is 0.397 e. The van der Waals surface area contributed by atoms with Crippen molar-refractivity contribution in [2.45, 2.75) is 256 Å². The molecule has 0 bridgehead atoms. The van der Waals surface area contributed by atoms with Crippen molar-refractivity contribution in [1.82, 2.24) is 0 Å². The number of rotatable bonds is 42. The van der Waals surface area contributed by atoms with E-state index in [9.17, 15) is 28.5 Å². The average molecular weight is 853 g/mol. The number of ether oxygens (including phenoxy) is 4. The summed E-state index contributed by atoms with van der Waals surface area (Å²) in [4.78, 5) is 12.6. The van der Waals surface area contributed by atoms with Gasteiger partial charge in [0.1, 0.15) is 30.5 Å². The van der Waals surface area contributed by atoms with E-state index >= 15 is 0 Å². The fourth-order valence-corrected chi connectivity index (χ4v) is 8.12. The molecule has 0 aromatic heterocycles. The van der Waals surface area contributed by atoms with Crippen LogP contribution >= 0.6 is 0 Å². The minimum Gasteiger partial charge on any atom is -0.457 e. The number of aliphatic hydroxyl groups is 3. The Morgan fingerprint density at radius 1 is 0.586 bits per heavy atom. The minimum absolute atomic E-state index is 0.0425. The Morgan fingerprint density at radius 2 is 0.983 bits per heavy atom. The standard InChI is InChI=1S/C45H88O12S/c1-3-5-7-9-10-11-12-13-14-15-16-17-18-19-20-21-22-23-24-25-26-27-28-29-31-33-35-53-37-39(55-41(47)34-32-30-8-6-4-2)38-54-45-43(49)44(57-58(50,51)52)42(48)40(36-46)56-45/h39-40,42-46,48-49H,3-38H2,1-2H3,(H,50,51,52). The summed E-state index contributed by atoms with van der Waals surface area (Å²) in [5, 5.41) is 30.5. The van der Waals surface area contributed by atoms with Gasteiger partial charge in [-0.1, -0.05) is 200 Å². The van der Waals surface area contributed by atoms with Crippen molar-refractivity contribution < 1.29 is 56.2 Å². The lowest BCUT2D eigenvalue weighted by Crippen LogP contribution is -2.60. The number of aliphatic hydroxyl groups excluding tert-OH is 3. The SMILES string of the molecule is CCCCCCCCCCCCCCCCCCCCCCCCCCCCOCC(COC1OC(CO)C(O)C(OS(=O)(=O)O)C1O)OC(=O)CCCCCCC. The maximum atomic E-state index is 12.6. The molecular formula is C45H88O12S. The monoisotopic (exact) mass is 853 g/mol. The molecule has 1 heterocycles. The molecule has 6 unspecified atom stereocenters. The zero-order chi connectivity index (χ0) is 42.5. The van der Waals surface area contributed by atoms with Crippen LogP contribution in [0.2, 0.25) is 0 Å². The number of unbranched alkanes of at least 4 members (excludes halogenated alkanes) is 29. The Labute approximate surface area is 354 Å². The van der Waals surface area contributed by atoms with Crippen molar-refractivity contribution in [1.29, 1.82) is 0 Å². The van der Waals surface area contributed by atoms with E-state index in [1.54, 1.807) is 0 Å². The molecule has 12 nitrogen and oxygen atoms in total. The van der Waals surface area contributed by atoms with Crippen molar-refractivity contribution in [2.75, 3.05) is 26.4 Å². The maximum absolute atomic E-state index is 12.6. The van der Waals surface area contributed by atoms with Gasteiger partial charge in [0.2, 0.25) is 0 Å².